The number of Topliss-reactive ketones (excluding diaryl/α,β-unsaturated/α-hetero) is 1. The van der Waals surface area contributed by atoms with Gasteiger partial charge in [0.15, 0.2) is 0 Å². The topological polar surface area (TPSA) is 156 Å². The van der Waals surface area contributed by atoms with Crippen molar-refractivity contribution >= 4 is 35.9 Å². The predicted molar refractivity (Wildman–Crippen MR) is 166 cm³/mol. The summed E-state index contributed by atoms with van der Waals surface area (Å²) in [5.74, 6) is -0.243. The number of nitrogens with two attached hydrogens (primary N) is 1. The molecule has 240 valence electrons. The summed E-state index contributed by atoms with van der Waals surface area (Å²) in [4.78, 5) is 47.6. The molecule has 0 aromatic rings. The number of carbonyl (C=O) groups excluding carboxylic acids is 3. The van der Waals surface area contributed by atoms with E-state index in [0.29, 0.717) is 19.4 Å². The lowest BCUT2D eigenvalue weighted by atomic mass is 9.44. The van der Waals surface area contributed by atoms with Crippen LogP contribution in [0, 0.1) is 39.9 Å². The van der Waals surface area contributed by atoms with Crippen molar-refractivity contribution in [3.63, 3.8) is 0 Å². The standard InChI is InChI=1S/C31H52N2O5S.CH2O2/c1-10-29(8)15-22(38-23(35)16-39-28(6,7)17-33-27(37)24(32)18(2)3)30(9)19(4)11-13-31(20(5)26(29)36)14-12-21(34)25(30)31;2-1-3/h10,18-20,22,24-26,36H,1,11-17,32H2,2-9H3,(H,33,37);1H,(H,2,3)/t19-,20+,22-,24-,25?,26+,29-,30+,31?;/m1./s1. The van der Waals surface area contributed by atoms with Crippen molar-refractivity contribution in [2.45, 2.75) is 110 Å². The van der Waals surface area contributed by atoms with Gasteiger partial charge in [-0.25, -0.2) is 0 Å². The van der Waals surface area contributed by atoms with Gasteiger partial charge >= 0.3 is 5.97 Å². The minimum Gasteiger partial charge on any atom is -0.483 e. The Labute approximate surface area is 256 Å². The van der Waals surface area contributed by atoms with Gasteiger partial charge in [0.1, 0.15) is 11.9 Å². The van der Waals surface area contributed by atoms with Crippen LogP contribution in [-0.4, -0.2) is 69.6 Å². The maximum atomic E-state index is 13.5. The number of carboxylic acid groups (broad SMARTS) is 1. The summed E-state index contributed by atoms with van der Waals surface area (Å²) >= 11 is 1.43. The number of hydrogen-bond donors (Lipinski definition) is 4. The summed E-state index contributed by atoms with van der Waals surface area (Å²) in [5, 5.41) is 21.5. The second-order valence-electron chi connectivity index (χ2n) is 14.2. The summed E-state index contributed by atoms with van der Waals surface area (Å²) in [7, 11) is 0. The van der Waals surface area contributed by atoms with Crippen molar-refractivity contribution in [3.05, 3.63) is 12.7 Å². The number of amides is 1. The Bertz CT molecular complexity index is 1020. The molecule has 1 amide bonds. The van der Waals surface area contributed by atoms with Gasteiger partial charge < -0.3 is 26.0 Å². The fourth-order valence-electron chi connectivity index (χ4n) is 7.72. The van der Waals surface area contributed by atoms with E-state index in [1.165, 1.54) is 11.8 Å². The highest BCUT2D eigenvalue weighted by Crippen LogP contribution is 2.68. The smallest absolute Gasteiger partial charge is 0.316 e. The number of aliphatic hydroxyl groups excluding tert-OH is 1. The number of rotatable bonds is 9. The number of carbonyl (C=O) groups is 4. The molecule has 5 N–H and O–H groups in total. The molecule has 42 heavy (non-hydrogen) atoms. The van der Waals surface area contributed by atoms with Crippen LogP contribution in [-0.2, 0) is 23.9 Å². The number of thioether (sulfide) groups is 1. The lowest BCUT2D eigenvalue weighted by molar-refractivity contribution is -0.205. The summed E-state index contributed by atoms with van der Waals surface area (Å²) in [6.45, 7) is 20.4. The fraction of sp³-hybridized carbons (Fsp3) is 0.812. The molecule has 0 spiro atoms. The number of esters is 1. The summed E-state index contributed by atoms with van der Waals surface area (Å²) in [6.07, 6.45) is 4.17. The van der Waals surface area contributed by atoms with Gasteiger partial charge in [-0.05, 0) is 62.7 Å². The first-order valence-corrected chi connectivity index (χ1v) is 16.1. The molecule has 2 bridgehead atoms. The molecule has 9 atom stereocenters. The normalized spacial score (nSPS) is 36.8. The lowest BCUT2D eigenvalue weighted by Crippen LogP contribution is -2.63. The zero-order chi connectivity index (χ0) is 32.3. The summed E-state index contributed by atoms with van der Waals surface area (Å²) in [6, 6.07) is -0.573. The Morgan fingerprint density at radius 3 is 2.40 bits per heavy atom. The van der Waals surface area contributed by atoms with Crippen LogP contribution in [0.15, 0.2) is 12.7 Å². The highest BCUT2D eigenvalue weighted by molar-refractivity contribution is 8.01. The number of ketones is 1. The van der Waals surface area contributed by atoms with E-state index in [1.54, 1.807) is 0 Å². The van der Waals surface area contributed by atoms with Gasteiger partial charge in [-0.15, -0.1) is 18.3 Å². The van der Waals surface area contributed by atoms with E-state index in [0.717, 1.165) is 19.3 Å². The van der Waals surface area contributed by atoms with Crippen molar-refractivity contribution in [2.75, 3.05) is 12.3 Å². The van der Waals surface area contributed by atoms with E-state index in [-0.39, 0.29) is 59.0 Å². The van der Waals surface area contributed by atoms with E-state index in [2.05, 4.69) is 32.7 Å². The molecule has 3 fully saturated rings. The summed E-state index contributed by atoms with van der Waals surface area (Å²) < 4.78 is 5.92. The van der Waals surface area contributed by atoms with E-state index in [4.69, 9.17) is 20.4 Å². The number of nitrogens with one attached hydrogen (secondary N) is 1. The first-order valence-electron chi connectivity index (χ1n) is 15.2. The molecule has 0 aromatic carbocycles. The molecule has 0 radical (unpaired) electrons. The minimum absolute atomic E-state index is 0.0382. The number of aliphatic hydroxyl groups is 1. The summed E-state index contributed by atoms with van der Waals surface area (Å²) in [5.41, 5.74) is 4.49. The maximum absolute atomic E-state index is 13.5. The Hall–Kier alpha value is -1.91. The van der Waals surface area contributed by atoms with Crippen LogP contribution in [0.4, 0.5) is 0 Å². The van der Waals surface area contributed by atoms with Crippen molar-refractivity contribution < 1.29 is 34.1 Å². The van der Waals surface area contributed by atoms with Gasteiger partial charge in [0.2, 0.25) is 5.91 Å². The van der Waals surface area contributed by atoms with E-state index in [1.807, 2.05) is 40.7 Å². The van der Waals surface area contributed by atoms with E-state index < -0.39 is 33.8 Å². The molecular weight excluding hydrogens is 556 g/mol. The number of hydrogen-bond acceptors (Lipinski definition) is 8. The van der Waals surface area contributed by atoms with E-state index >= 15 is 0 Å². The first kappa shape index (κ1) is 36.3. The Morgan fingerprint density at radius 1 is 1.26 bits per heavy atom. The highest BCUT2D eigenvalue weighted by Gasteiger charge is 2.68. The Kier molecular flexibility index (Phi) is 11.9. The maximum Gasteiger partial charge on any atom is 0.316 e. The molecule has 2 unspecified atom stereocenters. The van der Waals surface area contributed by atoms with Crippen LogP contribution in [0.5, 0.6) is 0 Å². The SMILES string of the molecule is C=C[C@]1(C)C[C@@H](OC(=O)CSC(C)(C)CNC(=O)[C@H](N)C(C)C)[C@@]2(C)C3C(=O)CCC3(CC[C@H]2C)[C@@H](C)[C@@H]1O.O=CO. The van der Waals surface area contributed by atoms with Crippen LogP contribution in [0.1, 0.15) is 87.5 Å². The average Bonchev–Trinajstić information content (AvgIpc) is 3.29. The van der Waals surface area contributed by atoms with Crippen LogP contribution in [0.25, 0.3) is 0 Å². The molecule has 0 heterocycles. The second kappa shape index (κ2) is 13.8. The fourth-order valence-corrected chi connectivity index (χ4v) is 8.47. The zero-order valence-corrected chi connectivity index (χ0v) is 27.6. The molecule has 9 nitrogen and oxygen atoms in total. The second-order valence-corrected chi connectivity index (χ2v) is 15.9. The van der Waals surface area contributed by atoms with E-state index in [9.17, 15) is 19.5 Å². The van der Waals surface area contributed by atoms with Crippen molar-refractivity contribution in [1.82, 2.24) is 5.32 Å². The predicted octanol–water partition coefficient (Wildman–Crippen LogP) is 4.21. The molecule has 3 rings (SSSR count). The Morgan fingerprint density at radius 2 is 1.86 bits per heavy atom. The number of ether oxygens (including phenoxy) is 1. The largest absolute Gasteiger partial charge is 0.483 e. The van der Waals surface area contributed by atoms with Crippen molar-refractivity contribution in [1.29, 1.82) is 0 Å². The van der Waals surface area contributed by atoms with Crippen molar-refractivity contribution in [2.24, 2.45) is 45.7 Å². The zero-order valence-electron chi connectivity index (χ0n) is 26.8. The van der Waals surface area contributed by atoms with Gasteiger partial charge in [-0.1, -0.05) is 47.6 Å². The lowest BCUT2D eigenvalue weighted by Gasteiger charge is -2.61. The molecule has 0 aliphatic heterocycles. The molecular formula is C32H54N2O7S. The third-order valence-electron chi connectivity index (χ3n) is 10.9. The highest BCUT2D eigenvalue weighted by atomic mass is 32.2. The van der Waals surface area contributed by atoms with Crippen LogP contribution >= 0.6 is 11.8 Å². The monoisotopic (exact) mass is 610 g/mol. The Balaban J connectivity index is 0.00000197. The molecule has 0 aromatic heterocycles. The van der Waals surface area contributed by atoms with Gasteiger partial charge in [-0.2, -0.15) is 0 Å². The van der Waals surface area contributed by atoms with Crippen LogP contribution < -0.4 is 11.1 Å². The van der Waals surface area contributed by atoms with Crippen molar-refractivity contribution in [3.8, 4) is 0 Å². The van der Waals surface area contributed by atoms with Gasteiger partial charge in [0.05, 0.1) is 17.9 Å². The molecule has 10 heteroatoms. The molecule has 3 aliphatic carbocycles. The third kappa shape index (κ3) is 7.07. The quantitative estimate of drug-likeness (QED) is 0.171. The van der Waals surface area contributed by atoms with Gasteiger partial charge in [0.25, 0.3) is 6.47 Å². The molecule has 0 saturated heterocycles. The minimum atomic E-state index is -0.684. The molecule has 3 aliphatic rings. The first-order chi connectivity index (χ1) is 19.4. The molecule has 3 saturated carbocycles. The van der Waals surface area contributed by atoms with Gasteiger partial charge in [-0.3, -0.25) is 19.2 Å². The van der Waals surface area contributed by atoms with Crippen LogP contribution in [0.3, 0.4) is 0 Å². The average molecular weight is 611 g/mol. The third-order valence-corrected chi connectivity index (χ3v) is 12.2. The van der Waals surface area contributed by atoms with Crippen LogP contribution in [0.2, 0.25) is 0 Å². The van der Waals surface area contributed by atoms with Gasteiger partial charge in [0, 0.05) is 34.5 Å².